The Balaban J connectivity index is 2.33. The van der Waals surface area contributed by atoms with Gasteiger partial charge in [-0.2, -0.15) is 0 Å². The Morgan fingerprint density at radius 3 is 1.87 bits per heavy atom. The summed E-state index contributed by atoms with van der Waals surface area (Å²) < 4.78 is 0. The molecule has 1 unspecified atom stereocenters. The lowest BCUT2D eigenvalue weighted by Gasteiger charge is -2.27. The van der Waals surface area contributed by atoms with Crippen molar-refractivity contribution in [2.24, 2.45) is 5.92 Å². The molecule has 162 valence electrons. The predicted octanol–water partition coefficient (Wildman–Crippen LogP) is 9.06. The monoisotopic (exact) mass is 402 g/mol. The zero-order valence-electron chi connectivity index (χ0n) is 21.0. The van der Waals surface area contributed by atoms with Gasteiger partial charge >= 0.3 is 0 Å². The summed E-state index contributed by atoms with van der Waals surface area (Å²) in [4.78, 5) is 0. The molecule has 2 aromatic rings. The van der Waals surface area contributed by atoms with Crippen LogP contribution < -0.4 is 0 Å². The van der Waals surface area contributed by atoms with Gasteiger partial charge in [0.05, 0.1) is 0 Å². The lowest BCUT2D eigenvalue weighted by molar-refractivity contribution is 0.569. The van der Waals surface area contributed by atoms with E-state index in [2.05, 4.69) is 106 Å². The Morgan fingerprint density at radius 2 is 1.40 bits per heavy atom. The molecule has 0 spiro atoms. The van der Waals surface area contributed by atoms with Crippen LogP contribution in [-0.2, 0) is 17.3 Å². The van der Waals surface area contributed by atoms with Crippen molar-refractivity contribution in [2.45, 2.75) is 98.8 Å². The van der Waals surface area contributed by atoms with E-state index in [1.54, 1.807) is 5.57 Å². The quantitative estimate of drug-likeness (QED) is 0.478. The van der Waals surface area contributed by atoms with E-state index in [1.807, 2.05) is 0 Å². The van der Waals surface area contributed by atoms with Crippen LogP contribution in [0.15, 0.2) is 35.9 Å². The van der Waals surface area contributed by atoms with Gasteiger partial charge in [0.25, 0.3) is 0 Å². The van der Waals surface area contributed by atoms with Crippen LogP contribution in [0.2, 0.25) is 0 Å². The molecule has 3 rings (SSSR count). The van der Waals surface area contributed by atoms with E-state index in [0.717, 1.165) is 6.42 Å². The fraction of sp³-hybridized carbons (Fsp3) is 0.533. The summed E-state index contributed by atoms with van der Waals surface area (Å²) >= 11 is 0. The Kier molecular flexibility index (Phi) is 6.11. The zero-order valence-corrected chi connectivity index (χ0v) is 21.0. The molecule has 0 aromatic heterocycles. The fourth-order valence-corrected chi connectivity index (χ4v) is 4.47. The van der Waals surface area contributed by atoms with Crippen LogP contribution >= 0.6 is 0 Å². The molecule has 0 N–H and O–H groups in total. The zero-order chi connectivity index (χ0) is 22.4. The van der Waals surface area contributed by atoms with Crippen molar-refractivity contribution in [3.63, 3.8) is 0 Å². The first-order valence-electron chi connectivity index (χ1n) is 11.9. The molecule has 0 fully saturated rings. The molecule has 1 aliphatic carbocycles. The van der Waals surface area contributed by atoms with Crippen molar-refractivity contribution in [3.8, 4) is 11.1 Å². The molecule has 0 heteroatoms. The minimum absolute atomic E-state index is 0.129. The van der Waals surface area contributed by atoms with Crippen LogP contribution in [0.3, 0.4) is 0 Å². The molecule has 0 nitrogen and oxygen atoms in total. The fourth-order valence-electron chi connectivity index (χ4n) is 4.47. The number of fused-ring (bicyclic) bond motifs is 1. The lowest BCUT2D eigenvalue weighted by Crippen LogP contribution is -2.16. The molecule has 0 heterocycles. The lowest BCUT2D eigenvalue weighted by atomic mass is 9.77. The average Bonchev–Trinajstić information content (AvgIpc) is 3.08. The van der Waals surface area contributed by atoms with E-state index in [4.69, 9.17) is 0 Å². The summed E-state index contributed by atoms with van der Waals surface area (Å²) in [6, 6.07) is 12.1. The van der Waals surface area contributed by atoms with Crippen molar-refractivity contribution in [1.29, 1.82) is 0 Å². The number of hydrogen-bond donors (Lipinski definition) is 0. The third-order valence-corrected chi connectivity index (χ3v) is 6.91. The van der Waals surface area contributed by atoms with Gasteiger partial charge in [0.1, 0.15) is 0 Å². The molecule has 30 heavy (non-hydrogen) atoms. The molecular formula is C30H42. The minimum atomic E-state index is 0.129. The second-order valence-corrected chi connectivity index (χ2v) is 11.8. The van der Waals surface area contributed by atoms with Crippen LogP contribution in [0.5, 0.6) is 0 Å². The molecule has 0 aliphatic heterocycles. The summed E-state index contributed by atoms with van der Waals surface area (Å²) in [6.45, 7) is 23.3. The molecule has 2 aromatic carbocycles. The average molecular weight is 403 g/mol. The Bertz CT molecular complexity index is 923. The van der Waals surface area contributed by atoms with Gasteiger partial charge in [0, 0.05) is 0 Å². The minimum Gasteiger partial charge on any atom is -0.0648 e. The summed E-state index contributed by atoms with van der Waals surface area (Å²) in [5.74, 6) is 1.15. The molecule has 1 aliphatic rings. The van der Waals surface area contributed by atoms with Gasteiger partial charge < -0.3 is 0 Å². The topological polar surface area (TPSA) is 0 Å². The highest BCUT2D eigenvalue weighted by Gasteiger charge is 2.26. The van der Waals surface area contributed by atoms with E-state index < -0.39 is 0 Å². The van der Waals surface area contributed by atoms with Crippen LogP contribution in [0.1, 0.15) is 109 Å². The van der Waals surface area contributed by atoms with E-state index in [-0.39, 0.29) is 10.8 Å². The third kappa shape index (κ3) is 4.43. The van der Waals surface area contributed by atoms with Gasteiger partial charge in [-0.1, -0.05) is 111 Å². The van der Waals surface area contributed by atoms with E-state index in [9.17, 15) is 0 Å². The third-order valence-electron chi connectivity index (χ3n) is 6.91. The van der Waals surface area contributed by atoms with Crippen LogP contribution in [0.25, 0.3) is 17.2 Å². The van der Waals surface area contributed by atoms with Crippen LogP contribution in [0.4, 0.5) is 0 Å². The number of rotatable bonds is 4. The first-order chi connectivity index (χ1) is 13.8. The van der Waals surface area contributed by atoms with E-state index in [1.165, 1.54) is 45.4 Å². The summed E-state index contributed by atoms with van der Waals surface area (Å²) in [5.41, 5.74) is 12.0. The number of allylic oxidation sites excluding steroid dienone is 1. The van der Waals surface area contributed by atoms with Gasteiger partial charge in [-0.25, -0.2) is 0 Å². The van der Waals surface area contributed by atoms with Gasteiger partial charge in [0.2, 0.25) is 0 Å². The molecular weight excluding hydrogens is 360 g/mol. The second-order valence-electron chi connectivity index (χ2n) is 11.8. The van der Waals surface area contributed by atoms with Gasteiger partial charge in [-0.05, 0) is 74.5 Å². The second kappa shape index (κ2) is 8.03. The molecule has 0 bridgehead atoms. The molecule has 0 radical (unpaired) electrons. The molecule has 0 amide bonds. The van der Waals surface area contributed by atoms with Crippen molar-refractivity contribution >= 4 is 6.08 Å². The van der Waals surface area contributed by atoms with Crippen molar-refractivity contribution in [2.75, 3.05) is 0 Å². The smallest absolute Gasteiger partial charge is 0.00549 e. The summed E-state index contributed by atoms with van der Waals surface area (Å²) in [7, 11) is 0. The maximum Gasteiger partial charge on any atom is -0.00549 e. The Hall–Kier alpha value is -1.82. The summed E-state index contributed by atoms with van der Waals surface area (Å²) in [6.07, 6.45) is 4.84. The highest BCUT2D eigenvalue weighted by Crippen LogP contribution is 2.43. The standard InChI is InChI=1S/C30H42/c1-11-20(4)22-14-21-12-13-26(19(2)3)28(27(21)17-22)23-15-24(29(5,6)7)18-25(16-23)30(8,9)10/h12-13,15-20H,11,14H2,1-10H3. The predicted molar refractivity (Wildman–Crippen MR) is 135 cm³/mol. The first kappa shape index (κ1) is 22.9. The largest absolute Gasteiger partial charge is 0.0648 e. The normalized spacial score (nSPS) is 15.4. The van der Waals surface area contributed by atoms with Gasteiger partial charge in [0.15, 0.2) is 0 Å². The highest BCUT2D eigenvalue weighted by atomic mass is 14.3. The first-order valence-corrected chi connectivity index (χ1v) is 11.9. The molecule has 1 atom stereocenters. The SMILES string of the molecule is CCC(C)C1=Cc2c(ccc(C(C)C)c2-c2cc(C(C)(C)C)cc(C(C)(C)C)c2)C1. The van der Waals surface area contributed by atoms with Crippen molar-refractivity contribution in [1.82, 2.24) is 0 Å². The van der Waals surface area contributed by atoms with Gasteiger partial charge in [-0.3, -0.25) is 0 Å². The molecule has 0 saturated heterocycles. The summed E-state index contributed by atoms with van der Waals surface area (Å²) in [5, 5.41) is 0. The number of hydrogen-bond acceptors (Lipinski definition) is 0. The van der Waals surface area contributed by atoms with Crippen molar-refractivity contribution in [3.05, 3.63) is 63.7 Å². The Labute approximate surface area is 185 Å². The Morgan fingerprint density at radius 1 is 0.833 bits per heavy atom. The van der Waals surface area contributed by atoms with Crippen LogP contribution in [-0.4, -0.2) is 0 Å². The maximum atomic E-state index is 2.52. The number of benzene rings is 2. The van der Waals surface area contributed by atoms with Crippen molar-refractivity contribution < 1.29 is 0 Å². The van der Waals surface area contributed by atoms with E-state index in [0.29, 0.717) is 11.8 Å². The molecule has 0 saturated carbocycles. The maximum absolute atomic E-state index is 2.52. The van der Waals surface area contributed by atoms with E-state index >= 15 is 0 Å². The van der Waals surface area contributed by atoms with Crippen LogP contribution in [0, 0.1) is 5.92 Å². The van der Waals surface area contributed by atoms with Gasteiger partial charge in [-0.15, -0.1) is 0 Å². The highest BCUT2D eigenvalue weighted by molar-refractivity contribution is 5.84.